The zero-order chi connectivity index (χ0) is 22.1. The number of nitrogens with one attached hydrogen (secondary N) is 1. The van der Waals surface area contributed by atoms with E-state index in [2.05, 4.69) is 15.1 Å². The second-order valence-electron chi connectivity index (χ2n) is 6.89. The Morgan fingerprint density at radius 2 is 2.00 bits per heavy atom. The molecule has 1 unspecified atom stereocenters. The number of aromatic hydroxyl groups is 1. The van der Waals surface area contributed by atoms with Crippen LogP contribution in [0.1, 0.15) is 42.2 Å². The number of carbonyl (C=O) groups is 2. The van der Waals surface area contributed by atoms with Crippen LogP contribution in [0.2, 0.25) is 0 Å². The molecule has 3 aromatic rings. The van der Waals surface area contributed by atoms with Gasteiger partial charge < -0.3 is 14.8 Å². The first kappa shape index (κ1) is 20.0. The zero-order valence-corrected chi connectivity index (χ0v) is 16.3. The number of Topliss-reactive ketones (excluding diaryl/α,β-unsaturated/α-hetero) is 1. The van der Waals surface area contributed by atoms with Crippen molar-refractivity contribution in [2.75, 3.05) is 0 Å². The SMILES string of the molecule is CC(=O)N1N=C(CCC(=O)c2nc3ccc([N+](=O)[O-])cc3[nH]2)OC1c1ccc(O)cc1. The number of H-pyrrole nitrogens is 1. The minimum atomic E-state index is -0.782. The maximum atomic E-state index is 12.5. The summed E-state index contributed by atoms with van der Waals surface area (Å²) in [7, 11) is 0. The first-order chi connectivity index (χ1) is 14.8. The molecule has 1 aliphatic heterocycles. The summed E-state index contributed by atoms with van der Waals surface area (Å²) in [6.45, 7) is 1.35. The van der Waals surface area contributed by atoms with Gasteiger partial charge >= 0.3 is 0 Å². The van der Waals surface area contributed by atoms with Crippen LogP contribution < -0.4 is 0 Å². The summed E-state index contributed by atoms with van der Waals surface area (Å²) < 4.78 is 5.76. The molecule has 31 heavy (non-hydrogen) atoms. The molecule has 11 nitrogen and oxygen atoms in total. The van der Waals surface area contributed by atoms with Crippen molar-refractivity contribution in [2.45, 2.75) is 26.0 Å². The largest absolute Gasteiger partial charge is 0.508 e. The molecule has 2 heterocycles. The third-order valence-corrected chi connectivity index (χ3v) is 4.70. The van der Waals surface area contributed by atoms with Crippen LogP contribution in [0.5, 0.6) is 5.75 Å². The van der Waals surface area contributed by atoms with Crippen LogP contribution in [0.15, 0.2) is 47.6 Å². The number of hydrazone groups is 1. The average Bonchev–Trinajstić information content (AvgIpc) is 3.36. The first-order valence-electron chi connectivity index (χ1n) is 9.32. The van der Waals surface area contributed by atoms with Gasteiger partial charge in [-0.05, 0) is 30.3 Å². The third-order valence-electron chi connectivity index (χ3n) is 4.70. The van der Waals surface area contributed by atoms with Gasteiger partial charge in [-0.15, -0.1) is 5.10 Å². The number of ketones is 1. The van der Waals surface area contributed by atoms with E-state index in [9.17, 15) is 24.8 Å². The molecule has 0 radical (unpaired) electrons. The number of aromatic nitrogens is 2. The molecule has 0 spiro atoms. The summed E-state index contributed by atoms with van der Waals surface area (Å²) in [4.78, 5) is 41.8. The van der Waals surface area contributed by atoms with Crippen molar-refractivity contribution in [1.82, 2.24) is 15.0 Å². The molecule has 0 saturated heterocycles. The van der Waals surface area contributed by atoms with Gasteiger partial charge in [-0.3, -0.25) is 19.7 Å². The Morgan fingerprint density at radius 1 is 1.26 bits per heavy atom. The van der Waals surface area contributed by atoms with Gasteiger partial charge in [0.25, 0.3) is 5.69 Å². The Bertz CT molecular complexity index is 1220. The van der Waals surface area contributed by atoms with Gasteiger partial charge in [0.05, 0.1) is 16.0 Å². The highest BCUT2D eigenvalue weighted by Gasteiger charge is 2.32. The number of hydrogen-bond acceptors (Lipinski definition) is 8. The molecule has 0 aliphatic carbocycles. The molecule has 4 rings (SSSR count). The number of carbonyl (C=O) groups excluding carboxylic acids is 2. The monoisotopic (exact) mass is 423 g/mol. The van der Waals surface area contributed by atoms with Crippen molar-refractivity contribution < 1.29 is 24.4 Å². The smallest absolute Gasteiger partial charge is 0.271 e. The van der Waals surface area contributed by atoms with E-state index < -0.39 is 11.2 Å². The van der Waals surface area contributed by atoms with Crippen molar-refractivity contribution in [3.63, 3.8) is 0 Å². The summed E-state index contributed by atoms with van der Waals surface area (Å²) in [5, 5.41) is 25.7. The maximum Gasteiger partial charge on any atom is 0.271 e. The number of ether oxygens (including phenoxy) is 1. The van der Waals surface area contributed by atoms with Crippen LogP contribution in [0.3, 0.4) is 0 Å². The molecular weight excluding hydrogens is 406 g/mol. The van der Waals surface area contributed by atoms with Gasteiger partial charge in [0.15, 0.2) is 11.6 Å². The molecule has 1 aromatic heterocycles. The number of nitro groups is 1. The number of non-ortho nitro benzene ring substituents is 1. The summed E-state index contributed by atoms with van der Waals surface area (Å²) >= 11 is 0. The van der Waals surface area contributed by atoms with Crippen LogP contribution in [-0.4, -0.2) is 42.6 Å². The van der Waals surface area contributed by atoms with E-state index in [1.807, 2.05) is 0 Å². The van der Waals surface area contributed by atoms with Gasteiger partial charge in [-0.25, -0.2) is 4.98 Å². The fourth-order valence-corrected chi connectivity index (χ4v) is 3.15. The van der Waals surface area contributed by atoms with E-state index in [1.54, 1.807) is 12.1 Å². The van der Waals surface area contributed by atoms with Gasteiger partial charge in [0.2, 0.25) is 18.0 Å². The number of imidazole rings is 1. The highest BCUT2D eigenvalue weighted by molar-refractivity contribution is 5.98. The Kier molecular flexibility index (Phi) is 5.07. The van der Waals surface area contributed by atoms with Crippen molar-refractivity contribution in [2.24, 2.45) is 5.10 Å². The van der Waals surface area contributed by atoms with Crippen LogP contribution in [0, 0.1) is 10.1 Å². The average molecular weight is 423 g/mol. The number of aromatic amines is 1. The zero-order valence-electron chi connectivity index (χ0n) is 16.3. The maximum absolute atomic E-state index is 12.5. The van der Waals surface area contributed by atoms with Crippen molar-refractivity contribution in [1.29, 1.82) is 0 Å². The van der Waals surface area contributed by atoms with E-state index in [-0.39, 0.29) is 47.7 Å². The first-order valence-corrected chi connectivity index (χ1v) is 9.32. The van der Waals surface area contributed by atoms with E-state index in [0.29, 0.717) is 16.6 Å². The number of fused-ring (bicyclic) bond motifs is 1. The molecule has 0 fully saturated rings. The Balaban J connectivity index is 1.45. The number of phenols is 1. The molecule has 0 bridgehead atoms. The topological polar surface area (TPSA) is 151 Å². The predicted molar refractivity (Wildman–Crippen MR) is 108 cm³/mol. The Labute approximate surface area is 175 Å². The summed E-state index contributed by atoms with van der Waals surface area (Å²) in [5.74, 6) is -0.286. The number of rotatable bonds is 6. The number of benzene rings is 2. The van der Waals surface area contributed by atoms with Gasteiger partial charge in [-0.1, -0.05) is 0 Å². The van der Waals surface area contributed by atoms with Gasteiger partial charge in [0.1, 0.15) is 5.75 Å². The molecule has 158 valence electrons. The molecule has 2 aromatic carbocycles. The lowest BCUT2D eigenvalue weighted by Gasteiger charge is -2.19. The third kappa shape index (κ3) is 4.06. The van der Waals surface area contributed by atoms with E-state index in [0.717, 1.165) is 0 Å². The standard InChI is InChI=1S/C20H17N5O6/c1-11(26)24-20(12-2-5-14(27)6-3-12)31-18(23-24)9-8-17(28)19-21-15-7-4-13(25(29)30)10-16(15)22-19/h2-7,10,20,27H,8-9H2,1H3,(H,21,22). The van der Waals surface area contributed by atoms with Gasteiger partial charge in [-0.2, -0.15) is 5.01 Å². The highest BCUT2D eigenvalue weighted by Crippen LogP contribution is 2.30. The summed E-state index contributed by atoms with van der Waals surface area (Å²) in [6.07, 6.45) is -0.640. The highest BCUT2D eigenvalue weighted by atomic mass is 16.6. The lowest BCUT2D eigenvalue weighted by atomic mass is 10.2. The Hall–Kier alpha value is -4.28. The Morgan fingerprint density at radius 3 is 2.68 bits per heavy atom. The van der Waals surface area contributed by atoms with E-state index in [4.69, 9.17) is 4.74 Å². The van der Waals surface area contributed by atoms with Crippen LogP contribution in [0.25, 0.3) is 11.0 Å². The predicted octanol–water partition coefficient (Wildman–Crippen LogP) is 3.03. The lowest BCUT2D eigenvalue weighted by molar-refractivity contribution is -0.384. The fourth-order valence-electron chi connectivity index (χ4n) is 3.15. The van der Waals surface area contributed by atoms with Crippen molar-refractivity contribution >= 4 is 34.3 Å². The molecule has 1 atom stereocenters. The molecular formula is C20H17N5O6. The van der Waals surface area contributed by atoms with E-state index in [1.165, 1.54) is 42.3 Å². The van der Waals surface area contributed by atoms with Crippen LogP contribution >= 0.6 is 0 Å². The second-order valence-corrected chi connectivity index (χ2v) is 6.89. The molecule has 0 saturated carbocycles. The van der Waals surface area contributed by atoms with E-state index >= 15 is 0 Å². The summed E-state index contributed by atoms with van der Waals surface area (Å²) in [6, 6.07) is 10.3. The second kappa shape index (κ2) is 7.86. The summed E-state index contributed by atoms with van der Waals surface area (Å²) in [5.41, 5.74) is 1.35. The molecule has 1 amide bonds. The number of nitro benzene ring substituents is 1. The number of amides is 1. The fraction of sp³-hybridized carbons (Fsp3) is 0.200. The lowest BCUT2D eigenvalue weighted by Crippen LogP contribution is -2.25. The van der Waals surface area contributed by atoms with Crippen LogP contribution in [0.4, 0.5) is 5.69 Å². The number of nitrogens with zero attached hydrogens (tertiary/aromatic N) is 4. The molecule has 1 aliphatic rings. The molecule has 11 heteroatoms. The minimum Gasteiger partial charge on any atom is -0.508 e. The normalized spacial score (nSPS) is 15.6. The van der Waals surface area contributed by atoms with Crippen LogP contribution in [-0.2, 0) is 9.53 Å². The van der Waals surface area contributed by atoms with Crippen molar-refractivity contribution in [3.05, 3.63) is 64.0 Å². The number of phenolic OH excluding ortho intramolecular Hbond substituents is 1. The quantitative estimate of drug-likeness (QED) is 0.351. The molecule has 2 N–H and O–H groups in total. The minimum absolute atomic E-state index is 0.00872. The van der Waals surface area contributed by atoms with Crippen molar-refractivity contribution in [3.8, 4) is 5.75 Å². The van der Waals surface area contributed by atoms with Gasteiger partial charge in [0, 0.05) is 37.5 Å². The number of hydrogen-bond donors (Lipinski definition) is 2.